The molecule has 0 bridgehead atoms. The zero-order valence-corrected chi connectivity index (χ0v) is 16.7. The number of ether oxygens (including phenoxy) is 2. The molecule has 6 nitrogen and oxygen atoms in total. The van der Waals surface area contributed by atoms with E-state index in [9.17, 15) is 0 Å². The molecule has 1 N–H and O–H groups in total. The highest BCUT2D eigenvalue weighted by Gasteiger charge is 2.43. The van der Waals surface area contributed by atoms with Crippen LogP contribution >= 0.6 is 12.2 Å². The molecule has 0 spiro atoms. The van der Waals surface area contributed by atoms with E-state index in [1.54, 1.807) is 20.4 Å². The van der Waals surface area contributed by atoms with Crippen LogP contribution in [0.1, 0.15) is 29.3 Å². The Morgan fingerprint density at radius 2 is 1.96 bits per heavy atom. The van der Waals surface area contributed by atoms with Gasteiger partial charge in [0, 0.05) is 12.3 Å². The molecule has 0 radical (unpaired) electrons. The first-order chi connectivity index (χ1) is 13.6. The maximum atomic E-state index is 6.01. The molecule has 0 saturated carbocycles. The highest BCUT2D eigenvalue weighted by Crippen LogP contribution is 2.45. The maximum absolute atomic E-state index is 6.01. The summed E-state index contributed by atoms with van der Waals surface area (Å²) in [6.45, 7) is 1.93. The topological polar surface area (TPSA) is 59.8 Å². The molecule has 2 aromatic heterocycles. The highest BCUT2D eigenvalue weighted by molar-refractivity contribution is 7.80. The summed E-state index contributed by atoms with van der Waals surface area (Å²) in [6, 6.07) is 15.0. The van der Waals surface area contributed by atoms with Gasteiger partial charge in [0.05, 0.1) is 31.6 Å². The number of nitrogens with one attached hydrogen (secondary N) is 1. The Labute approximate surface area is 169 Å². The van der Waals surface area contributed by atoms with Crippen molar-refractivity contribution >= 4 is 23.0 Å². The SMILES string of the molecule is COc1ccc(OC)c(N2C(=S)N[C@H](c3ccccn3)[C@@H]2c2ccc(C)o2)c1. The normalized spacial score (nSPS) is 18.8. The Bertz CT molecular complexity index is 990. The van der Waals surface area contributed by atoms with E-state index in [4.69, 9.17) is 26.1 Å². The highest BCUT2D eigenvalue weighted by atomic mass is 32.1. The van der Waals surface area contributed by atoms with Crippen molar-refractivity contribution in [3.05, 3.63) is 71.9 Å². The van der Waals surface area contributed by atoms with E-state index in [1.165, 1.54) is 0 Å². The summed E-state index contributed by atoms with van der Waals surface area (Å²) in [5, 5.41) is 3.97. The Kier molecular flexibility index (Phi) is 4.92. The van der Waals surface area contributed by atoms with Crippen molar-refractivity contribution in [3.8, 4) is 11.5 Å². The minimum Gasteiger partial charge on any atom is -0.497 e. The Hall–Kier alpha value is -3.06. The fourth-order valence-corrected chi connectivity index (χ4v) is 3.84. The average molecular weight is 395 g/mol. The van der Waals surface area contributed by atoms with E-state index in [0.717, 1.165) is 22.9 Å². The average Bonchev–Trinajstić information content (AvgIpc) is 3.30. The zero-order valence-electron chi connectivity index (χ0n) is 15.9. The van der Waals surface area contributed by atoms with Crippen LogP contribution in [-0.4, -0.2) is 24.3 Å². The first-order valence-corrected chi connectivity index (χ1v) is 9.32. The lowest BCUT2D eigenvalue weighted by Gasteiger charge is -2.27. The van der Waals surface area contributed by atoms with Crippen molar-refractivity contribution in [1.29, 1.82) is 0 Å². The number of pyridine rings is 1. The second kappa shape index (κ2) is 7.52. The van der Waals surface area contributed by atoms with Gasteiger partial charge in [-0.25, -0.2) is 0 Å². The third kappa shape index (κ3) is 3.18. The summed E-state index contributed by atoms with van der Waals surface area (Å²) in [4.78, 5) is 6.54. The second-order valence-electron chi connectivity index (χ2n) is 6.48. The quantitative estimate of drug-likeness (QED) is 0.651. The fraction of sp³-hybridized carbons (Fsp3) is 0.238. The smallest absolute Gasteiger partial charge is 0.174 e. The number of aryl methyl sites for hydroxylation is 1. The Morgan fingerprint density at radius 1 is 1.11 bits per heavy atom. The van der Waals surface area contributed by atoms with Crippen molar-refractivity contribution < 1.29 is 13.9 Å². The summed E-state index contributed by atoms with van der Waals surface area (Å²) in [5.41, 5.74) is 1.69. The van der Waals surface area contributed by atoms with Crippen LogP contribution in [0, 0.1) is 6.92 Å². The number of aromatic nitrogens is 1. The molecule has 28 heavy (non-hydrogen) atoms. The van der Waals surface area contributed by atoms with Gasteiger partial charge < -0.3 is 24.1 Å². The molecule has 1 aliphatic rings. The monoisotopic (exact) mass is 395 g/mol. The molecular formula is C21H21N3O3S. The molecule has 2 atom stereocenters. The van der Waals surface area contributed by atoms with Crippen LogP contribution in [0.2, 0.25) is 0 Å². The number of rotatable bonds is 5. The summed E-state index contributed by atoms with van der Waals surface area (Å²) >= 11 is 5.72. The van der Waals surface area contributed by atoms with Crippen molar-refractivity contribution in [2.75, 3.05) is 19.1 Å². The van der Waals surface area contributed by atoms with Gasteiger partial charge in [-0.2, -0.15) is 0 Å². The zero-order chi connectivity index (χ0) is 19.7. The predicted molar refractivity (Wildman–Crippen MR) is 111 cm³/mol. The fourth-order valence-electron chi connectivity index (χ4n) is 3.50. The van der Waals surface area contributed by atoms with Gasteiger partial charge >= 0.3 is 0 Å². The van der Waals surface area contributed by atoms with Gasteiger partial charge in [0.15, 0.2) is 5.11 Å². The van der Waals surface area contributed by atoms with E-state index in [-0.39, 0.29) is 12.1 Å². The molecule has 0 amide bonds. The van der Waals surface area contributed by atoms with Crippen LogP contribution in [0.3, 0.4) is 0 Å². The number of benzene rings is 1. The molecule has 3 heterocycles. The molecule has 1 fully saturated rings. The molecule has 4 rings (SSSR count). The van der Waals surface area contributed by atoms with Crippen molar-refractivity contribution in [2.24, 2.45) is 0 Å². The van der Waals surface area contributed by atoms with E-state index in [0.29, 0.717) is 16.6 Å². The molecule has 1 aromatic carbocycles. The number of nitrogens with zero attached hydrogens (tertiary/aromatic N) is 2. The first kappa shape index (κ1) is 18.3. The van der Waals surface area contributed by atoms with E-state index in [1.807, 2.05) is 60.4 Å². The predicted octanol–water partition coefficient (Wildman–Crippen LogP) is 4.18. The van der Waals surface area contributed by atoms with Crippen LogP contribution in [-0.2, 0) is 0 Å². The summed E-state index contributed by atoms with van der Waals surface area (Å²) < 4.78 is 17.0. The molecular weight excluding hydrogens is 374 g/mol. The molecule has 1 saturated heterocycles. The lowest BCUT2D eigenvalue weighted by Crippen LogP contribution is -2.29. The van der Waals surface area contributed by atoms with Gasteiger partial charge in [-0.3, -0.25) is 4.98 Å². The largest absolute Gasteiger partial charge is 0.497 e. The van der Waals surface area contributed by atoms with Crippen LogP contribution in [0.4, 0.5) is 5.69 Å². The second-order valence-corrected chi connectivity index (χ2v) is 6.87. The first-order valence-electron chi connectivity index (χ1n) is 8.91. The van der Waals surface area contributed by atoms with Gasteiger partial charge in [-0.05, 0) is 55.5 Å². The van der Waals surface area contributed by atoms with Crippen molar-refractivity contribution in [3.63, 3.8) is 0 Å². The van der Waals surface area contributed by atoms with E-state index < -0.39 is 0 Å². The van der Waals surface area contributed by atoms with Gasteiger partial charge in [0.1, 0.15) is 29.1 Å². The van der Waals surface area contributed by atoms with Crippen LogP contribution in [0.25, 0.3) is 0 Å². The number of furan rings is 1. The molecule has 144 valence electrons. The molecule has 0 aliphatic carbocycles. The van der Waals surface area contributed by atoms with E-state index >= 15 is 0 Å². The van der Waals surface area contributed by atoms with Crippen LogP contribution < -0.4 is 19.7 Å². The Balaban J connectivity index is 1.87. The van der Waals surface area contributed by atoms with Crippen molar-refractivity contribution in [1.82, 2.24) is 10.3 Å². The lowest BCUT2D eigenvalue weighted by molar-refractivity contribution is 0.397. The number of hydrogen-bond donors (Lipinski definition) is 1. The van der Waals surface area contributed by atoms with Crippen LogP contribution in [0.5, 0.6) is 11.5 Å². The van der Waals surface area contributed by atoms with Gasteiger partial charge in [-0.1, -0.05) is 6.07 Å². The van der Waals surface area contributed by atoms with Crippen molar-refractivity contribution in [2.45, 2.75) is 19.0 Å². The minimum absolute atomic E-state index is 0.171. The standard InChI is InChI=1S/C21H21N3O3S/c1-13-7-9-18(27-13)20-19(15-6-4-5-11-22-15)23-21(28)24(20)16-12-14(25-2)8-10-17(16)26-3/h4-12,19-20H,1-3H3,(H,23,28)/t19-,20+/m1/s1. The number of thiocarbonyl (C=S) groups is 1. The van der Waals surface area contributed by atoms with Gasteiger partial charge in [0.25, 0.3) is 0 Å². The van der Waals surface area contributed by atoms with Gasteiger partial charge in [-0.15, -0.1) is 0 Å². The number of methoxy groups -OCH3 is 2. The Morgan fingerprint density at radius 3 is 2.61 bits per heavy atom. The maximum Gasteiger partial charge on any atom is 0.174 e. The van der Waals surface area contributed by atoms with Gasteiger partial charge in [0.2, 0.25) is 0 Å². The summed E-state index contributed by atoms with van der Waals surface area (Å²) in [6.07, 6.45) is 1.78. The van der Waals surface area contributed by atoms with Crippen LogP contribution in [0.15, 0.2) is 59.1 Å². The molecule has 1 aliphatic heterocycles. The number of anilines is 1. The number of hydrogen-bond acceptors (Lipinski definition) is 5. The third-order valence-electron chi connectivity index (χ3n) is 4.80. The third-order valence-corrected chi connectivity index (χ3v) is 5.11. The minimum atomic E-state index is -0.225. The molecule has 3 aromatic rings. The molecule has 0 unspecified atom stereocenters. The lowest BCUT2D eigenvalue weighted by atomic mass is 10.0. The molecule has 7 heteroatoms. The van der Waals surface area contributed by atoms with E-state index in [2.05, 4.69) is 10.3 Å². The summed E-state index contributed by atoms with van der Waals surface area (Å²) in [7, 11) is 3.27. The summed E-state index contributed by atoms with van der Waals surface area (Å²) in [5.74, 6) is 3.05.